The molecule has 0 aliphatic carbocycles. The third-order valence-electron chi connectivity index (χ3n) is 0.385. The zero-order valence-corrected chi connectivity index (χ0v) is 2.23. The lowest BCUT2D eigenvalue weighted by atomic mass is 10.6. The summed E-state index contributed by atoms with van der Waals surface area (Å²) in [5, 5.41) is 0. The number of nitrogens with one attached hydrogen (secondary N) is 1. The van der Waals surface area contributed by atoms with Gasteiger partial charge in [0.1, 0.15) is 0 Å². The topological polar surface area (TPSA) is 14.0 Å². The van der Waals surface area contributed by atoms with E-state index in [1.165, 1.54) is 0 Å². The van der Waals surface area contributed by atoms with Crippen molar-refractivity contribution in [3.05, 3.63) is 12.3 Å². The van der Waals surface area contributed by atoms with Gasteiger partial charge in [-0.2, -0.15) is 0 Å². The minimum Gasteiger partial charge on any atom is -0.217 e. The van der Waals surface area contributed by atoms with Crippen molar-refractivity contribution in [3.63, 3.8) is 0 Å². The first-order valence-electron chi connectivity index (χ1n) is 1.24. The van der Waals surface area contributed by atoms with Crippen molar-refractivity contribution >= 4 is 6.21 Å². The van der Waals surface area contributed by atoms with Crippen molar-refractivity contribution in [1.29, 1.82) is 0 Å². The largest absolute Gasteiger partial charge is 0.217 e. The average molecular weight is 54.1 g/mol. The van der Waals surface area contributed by atoms with Gasteiger partial charge < -0.3 is 0 Å². The van der Waals surface area contributed by atoms with Crippen molar-refractivity contribution in [3.8, 4) is 0 Å². The van der Waals surface area contributed by atoms with Crippen LogP contribution in [0.4, 0.5) is 0 Å². The summed E-state index contributed by atoms with van der Waals surface area (Å²) in [5.74, 6) is 0. The molecule has 0 saturated carbocycles. The maximum atomic E-state index is 2.81. The van der Waals surface area contributed by atoms with E-state index in [4.69, 9.17) is 0 Å². The fourth-order valence-corrected chi connectivity index (χ4v) is 0.0962. The SMILES string of the molecule is C1=C[NH+]=C1. The Bertz CT molecular complexity index is 43.7. The summed E-state index contributed by atoms with van der Waals surface area (Å²) in [6, 6.07) is 0. The van der Waals surface area contributed by atoms with E-state index in [2.05, 4.69) is 4.99 Å². The number of rotatable bonds is 0. The first kappa shape index (κ1) is 1.70. The highest BCUT2D eigenvalue weighted by atomic mass is 14.7. The van der Waals surface area contributed by atoms with Crippen molar-refractivity contribution in [1.82, 2.24) is 0 Å². The molecule has 0 aromatic carbocycles. The second-order valence-corrected chi connectivity index (χ2v) is 0.692. The molecule has 1 N–H and O–H groups in total. The second kappa shape index (κ2) is 0.412. The highest BCUT2D eigenvalue weighted by molar-refractivity contribution is 5.67. The molecule has 0 fully saturated rings. The normalized spacial score (nSPS) is 16.0. The molecule has 0 bridgehead atoms. The van der Waals surface area contributed by atoms with Crippen LogP contribution in [0, 0.1) is 0 Å². The monoisotopic (exact) mass is 54.0 g/mol. The Kier molecular flexibility index (Phi) is 0.175. The molecule has 0 aromatic rings. The van der Waals surface area contributed by atoms with E-state index in [0.717, 1.165) is 0 Å². The molecule has 1 heteroatoms. The quantitative estimate of drug-likeness (QED) is 0.352. The first-order valence-corrected chi connectivity index (χ1v) is 1.24. The van der Waals surface area contributed by atoms with Gasteiger partial charge in [-0.25, -0.2) is 4.99 Å². The molecule has 1 rings (SSSR count). The average Bonchev–Trinajstić information content (AvgIpc) is 0.722. The van der Waals surface area contributed by atoms with Crippen LogP contribution in [-0.2, 0) is 0 Å². The van der Waals surface area contributed by atoms with Crippen molar-refractivity contribution in [2.45, 2.75) is 0 Å². The van der Waals surface area contributed by atoms with Crippen LogP contribution in [0.5, 0.6) is 0 Å². The molecule has 1 aliphatic rings. The highest BCUT2D eigenvalue weighted by Crippen LogP contribution is 1.48. The predicted octanol–water partition coefficient (Wildman–Crippen LogP) is -1.33. The Labute approximate surface area is 24.7 Å². The van der Waals surface area contributed by atoms with Crippen LogP contribution in [-0.4, -0.2) is 6.21 Å². The van der Waals surface area contributed by atoms with Crippen molar-refractivity contribution in [2.24, 2.45) is 0 Å². The molecular weight excluding hydrogens is 50.0 g/mol. The summed E-state index contributed by atoms with van der Waals surface area (Å²) < 4.78 is 0. The van der Waals surface area contributed by atoms with Crippen LogP contribution >= 0.6 is 0 Å². The van der Waals surface area contributed by atoms with Crippen LogP contribution in [0.2, 0.25) is 0 Å². The second-order valence-electron chi connectivity index (χ2n) is 0.692. The summed E-state index contributed by atoms with van der Waals surface area (Å²) in [6.45, 7) is 0. The number of hydrogen-bond donors (Lipinski definition) is 1. The van der Waals surface area contributed by atoms with Gasteiger partial charge in [-0.15, -0.1) is 0 Å². The van der Waals surface area contributed by atoms with Crippen LogP contribution in [0.3, 0.4) is 0 Å². The zero-order chi connectivity index (χ0) is 2.83. The van der Waals surface area contributed by atoms with Crippen LogP contribution in [0.1, 0.15) is 0 Å². The van der Waals surface area contributed by atoms with Gasteiger partial charge in [0.15, 0.2) is 12.4 Å². The fourth-order valence-electron chi connectivity index (χ4n) is 0.0962. The Morgan fingerprint density at radius 3 is 1.75 bits per heavy atom. The lowest BCUT2D eigenvalue weighted by molar-refractivity contribution is -0.377. The van der Waals surface area contributed by atoms with Crippen LogP contribution in [0.15, 0.2) is 12.3 Å². The van der Waals surface area contributed by atoms with Gasteiger partial charge in [0.2, 0.25) is 0 Å². The lowest BCUT2D eigenvalue weighted by Crippen LogP contribution is -2.65. The Hall–Kier alpha value is -0.590. The molecule has 20 valence electrons. The Morgan fingerprint density at radius 1 is 1.50 bits per heavy atom. The van der Waals surface area contributed by atoms with E-state index in [-0.39, 0.29) is 0 Å². The van der Waals surface area contributed by atoms with E-state index >= 15 is 0 Å². The third-order valence-corrected chi connectivity index (χ3v) is 0.385. The van der Waals surface area contributed by atoms with Gasteiger partial charge in [0.05, 0.1) is 6.08 Å². The molecule has 0 atom stereocenters. The molecule has 0 unspecified atom stereocenters. The minimum absolute atomic E-state index is 1.88. The summed E-state index contributed by atoms with van der Waals surface area (Å²) in [5.41, 5.74) is 0. The molecule has 1 nitrogen and oxygen atoms in total. The van der Waals surface area contributed by atoms with Gasteiger partial charge in [0.25, 0.3) is 0 Å². The van der Waals surface area contributed by atoms with Gasteiger partial charge in [-0.1, -0.05) is 0 Å². The van der Waals surface area contributed by atoms with Crippen molar-refractivity contribution in [2.75, 3.05) is 0 Å². The summed E-state index contributed by atoms with van der Waals surface area (Å²) >= 11 is 0. The lowest BCUT2D eigenvalue weighted by Gasteiger charge is -1.67. The molecule has 1 aliphatic heterocycles. The molecule has 1 heterocycles. The first-order chi connectivity index (χ1) is 2.00. The van der Waals surface area contributed by atoms with E-state index < -0.39 is 0 Å². The van der Waals surface area contributed by atoms with Gasteiger partial charge in [-0.05, 0) is 0 Å². The number of allylic oxidation sites excluding steroid dienone is 1. The van der Waals surface area contributed by atoms with Crippen molar-refractivity contribution < 1.29 is 4.99 Å². The van der Waals surface area contributed by atoms with Gasteiger partial charge in [0, 0.05) is 0 Å². The van der Waals surface area contributed by atoms with E-state index in [0.29, 0.717) is 0 Å². The summed E-state index contributed by atoms with van der Waals surface area (Å²) in [6.07, 6.45) is 5.69. The third kappa shape index (κ3) is 0.0204. The highest BCUT2D eigenvalue weighted by Gasteiger charge is 1.77. The molecular formula is C3H4N+. The van der Waals surface area contributed by atoms with E-state index in [1.54, 1.807) is 0 Å². The maximum Gasteiger partial charge on any atom is 0.172 e. The predicted molar refractivity (Wildman–Crippen MR) is 16.2 cm³/mol. The smallest absolute Gasteiger partial charge is 0.172 e. The van der Waals surface area contributed by atoms with Gasteiger partial charge >= 0.3 is 0 Å². The molecule has 0 aromatic heterocycles. The maximum absolute atomic E-state index is 2.81. The number of hydrogen-bond acceptors (Lipinski definition) is 0. The van der Waals surface area contributed by atoms with E-state index in [9.17, 15) is 0 Å². The standard InChI is InChI=1S/C3H3N/c1-2-4-3-1/h1-3H/p+1. The molecule has 0 amide bonds. The Balaban J connectivity index is 2.67. The summed E-state index contributed by atoms with van der Waals surface area (Å²) in [4.78, 5) is 2.81. The summed E-state index contributed by atoms with van der Waals surface area (Å²) in [7, 11) is 0. The van der Waals surface area contributed by atoms with Gasteiger partial charge in [-0.3, -0.25) is 0 Å². The van der Waals surface area contributed by atoms with Crippen LogP contribution in [0.25, 0.3) is 0 Å². The Morgan fingerprint density at radius 2 is 1.75 bits per heavy atom. The molecule has 0 saturated heterocycles. The van der Waals surface area contributed by atoms with Crippen LogP contribution < -0.4 is 4.99 Å². The molecule has 0 spiro atoms. The zero-order valence-electron chi connectivity index (χ0n) is 2.23. The minimum atomic E-state index is 1.88. The van der Waals surface area contributed by atoms with E-state index in [1.807, 2.05) is 18.5 Å². The molecule has 4 heavy (non-hydrogen) atoms. The molecule has 0 radical (unpaired) electrons. The fraction of sp³-hybridized carbons (Fsp3) is 0.